The van der Waals surface area contributed by atoms with E-state index >= 15 is 0 Å². The van der Waals surface area contributed by atoms with Gasteiger partial charge in [-0.25, -0.2) is 0 Å². The molecule has 0 atom stereocenters. The molecule has 0 saturated heterocycles. The monoisotopic (exact) mass is 204 g/mol. The fraction of sp³-hybridized carbons (Fsp3) is 0.500. The van der Waals surface area contributed by atoms with E-state index in [2.05, 4.69) is 16.9 Å². The van der Waals surface area contributed by atoms with Gasteiger partial charge in [0.25, 0.3) is 0 Å². The molecule has 15 heavy (non-hydrogen) atoms. The largest absolute Gasteiger partial charge is 0.302 e. The third kappa shape index (κ3) is 2.07. The molecule has 1 aliphatic heterocycles. The Morgan fingerprint density at radius 2 is 2.40 bits per heavy atom. The van der Waals surface area contributed by atoms with Gasteiger partial charge in [-0.15, -0.1) is 0 Å². The van der Waals surface area contributed by atoms with Crippen LogP contribution in [0.1, 0.15) is 35.0 Å². The van der Waals surface area contributed by atoms with Crippen molar-refractivity contribution in [2.24, 2.45) is 0 Å². The molecule has 80 valence electrons. The molecule has 0 bridgehead atoms. The molecule has 1 aromatic rings. The van der Waals surface area contributed by atoms with E-state index in [9.17, 15) is 4.79 Å². The number of nitrogens with zero attached hydrogens (tertiary/aromatic N) is 2. The second kappa shape index (κ2) is 4.11. The Bertz CT molecular complexity index is 387. The van der Waals surface area contributed by atoms with Gasteiger partial charge in [0.2, 0.25) is 0 Å². The molecule has 1 aliphatic rings. The van der Waals surface area contributed by atoms with Crippen molar-refractivity contribution in [1.82, 2.24) is 9.88 Å². The van der Waals surface area contributed by atoms with Crippen LogP contribution in [0.15, 0.2) is 12.3 Å². The Morgan fingerprint density at radius 1 is 1.60 bits per heavy atom. The van der Waals surface area contributed by atoms with Gasteiger partial charge in [-0.2, -0.15) is 0 Å². The van der Waals surface area contributed by atoms with Crippen molar-refractivity contribution in [2.75, 3.05) is 13.6 Å². The van der Waals surface area contributed by atoms with Gasteiger partial charge in [0.15, 0.2) is 5.78 Å². The first-order chi connectivity index (χ1) is 7.20. The van der Waals surface area contributed by atoms with E-state index in [1.165, 1.54) is 5.56 Å². The van der Waals surface area contributed by atoms with Crippen LogP contribution < -0.4 is 0 Å². The van der Waals surface area contributed by atoms with Gasteiger partial charge in [-0.1, -0.05) is 6.92 Å². The smallest absolute Gasteiger partial charge is 0.164 e. The molecule has 0 amide bonds. The minimum atomic E-state index is 0.179. The number of hydrogen-bond donors (Lipinski definition) is 0. The molecular weight excluding hydrogens is 188 g/mol. The highest BCUT2D eigenvalue weighted by Gasteiger charge is 2.15. The van der Waals surface area contributed by atoms with Gasteiger partial charge < -0.3 is 4.90 Å². The molecule has 0 saturated carbocycles. The summed E-state index contributed by atoms with van der Waals surface area (Å²) in [7, 11) is 2.09. The number of pyridine rings is 1. The Kier molecular flexibility index (Phi) is 2.82. The number of carbonyl (C=O) groups excluding carboxylic acids is 1. The van der Waals surface area contributed by atoms with E-state index < -0.39 is 0 Å². The zero-order valence-electron chi connectivity index (χ0n) is 9.29. The number of Topliss-reactive ketones (excluding diaryl/α,β-unsaturated/α-hetero) is 1. The molecular formula is C12H16N2O. The number of rotatable bonds is 2. The van der Waals surface area contributed by atoms with Gasteiger partial charge in [0.05, 0.1) is 0 Å². The predicted octanol–water partition coefficient (Wildman–Crippen LogP) is 1.66. The zero-order valence-corrected chi connectivity index (χ0v) is 9.29. The minimum absolute atomic E-state index is 0.179. The lowest BCUT2D eigenvalue weighted by Crippen LogP contribution is -2.27. The van der Waals surface area contributed by atoms with Gasteiger partial charge in [0.1, 0.15) is 0 Å². The highest BCUT2D eigenvalue weighted by molar-refractivity contribution is 5.95. The van der Waals surface area contributed by atoms with Gasteiger partial charge >= 0.3 is 0 Å². The second-order valence-electron chi connectivity index (χ2n) is 4.09. The van der Waals surface area contributed by atoms with Crippen molar-refractivity contribution in [3.05, 3.63) is 29.1 Å². The summed E-state index contributed by atoms with van der Waals surface area (Å²) in [6.45, 7) is 3.85. The Morgan fingerprint density at radius 3 is 3.13 bits per heavy atom. The molecule has 2 rings (SSSR count). The summed E-state index contributed by atoms with van der Waals surface area (Å²) in [6, 6.07) is 2.00. The summed E-state index contributed by atoms with van der Waals surface area (Å²) in [6.07, 6.45) is 3.26. The standard InChI is InChI=1S/C12H16N2O/c1-3-12(15)9-6-10-8-14(2)5-4-11(10)13-7-9/h6-7H,3-5,8H2,1-2H3. The van der Waals surface area contributed by atoms with Crippen molar-refractivity contribution < 1.29 is 4.79 Å². The number of aromatic nitrogens is 1. The van der Waals surface area contributed by atoms with Crippen LogP contribution in [0.3, 0.4) is 0 Å². The first-order valence-electron chi connectivity index (χ1n) is 5.40. The van der Waals surface area contributed by atoms with Crippen molar-refractivity contribution in [1.29, 1.82) is 0 Å². The molecule has 2 heterocycles. The summed E-state index contributed by atoms with van der Waals surface area (Å²) < 4.78 is 0. The van der Waals surface area contributed by atoms with E-state index in [1.807, 2.05) is 13.0 Å². The average Bonchev–Trinajstić information content (AvgIpc) is 2.27. The molecule has 1 aromatic heterocycles. The quantitative estimate of drug-likeness (QED) is 0.687. The first kappa shape index (κ1) is 10.3. The van der Waals surface area contributed by atoms with Crippen LogP contribution in [-0.2, 0) is 13.0 Å². The van der Waals surface area contributed by atoms with Crippen LogP contribution >= 0.6 is 0 Å². The lowest BCUT2D eigenvalue weighted by molar-refractivity contribution is 0.0987. The van der Waals surface area contributed by atoms with Crippen molar-refractivity contribution in [2.45, 2.75) is 26.3 Å². The topological polar surface area (TPSA) is 33.2 Å². The van der Waals surface area contributed by atoms with Gasteiger partial charge in [-0.05, 0) is 18.7 Å². The molecule has 0 aromatic carbocycles. The second-order valence-corrected chi connectivity index (χ2v) is 4.09. The molecule has 0 N–H and O–H groups in total. The SMILES string of the molecule is CCC(=O)c1cnc2c(c1)CN(C)CC2. The third-order valence-corrected chi connectivity index (χ3v) is 2.87. The molecule has 0 radical (unpaired) electrons. The fourth-order valence-electron chi connectivity index (χ4n) is 1.92. The summed E-state index contributed by atoms with van der Waals surface area (Å²) in [5, 5.41) is 0. The van der Waals surface area contributed by atoms with Crippen LogP contribution in [0, 0.1) is 0 Å². The third-order valence-electron chi connectivity index (χ3n) is 2.87. The van der Waals surface area contributed by atoms with Crippen LogP contribution in [0.4, 0.5) is 0 Å². The normalized spacial score (nSPS) is 16.1. The zero-order chi connectivity index (χ0) is 10.8. The lowest BCUT2D eigenvalue weighted by Gasteiger charge is -2.24. The number of likely N-dealkylation sites (N-methyl/N-ethyl adjacent to an activating group) is 1. The maximum atomic E-state index is 11.5. The van der Waals surface area contributed by atoms with Gasteiger partial charge in [-0.3, -0.25) is 9.78 Å². The van der Waals surface area contributed by atoms with Crippen LogP contribution in [0.2, 0.25) is 0 Å². The highest BCUT2D eigenvalue weighted by Crippen LogP contribution is 2.17. The van der Waals surface area contributed by atoms with Crippen LogP contribution in [-0.4, -0.2) is 29.3 Å². The van der Waals surface area contributed by atoms with E-state index in [0.29, 0.717) is 6.42 Å². The maximum absolute atomic E-state index is 11.5. The average molecular weight is 204 g/mol. The minimum Gasteiger partial charge on any atom is -0.302 e. The highest BCUT2D eigenvalue weighted by atomic mass is 16.1. The van der Waals surface area contributed by atoms with E-state index in [0.717, 1.165) is 30.8 Å². The molecule has 0 fully saturated rings. The van der Waals surface area contributed by atoms with Crippen LogP contribution in [0.5, 0.6) is 0 Å². The molecule has 0 aliphatic carbocycles. The number of carbonyl (C=O) groups is 1. The lowest BCUT2D eigenvalue weighted by atomic mass is 10.0. The van der Waals surface area contributed by atoms with E-state index in [1.54, 1.807) is 6.20 Å². The van der Waals surface area contributed by atoms with Gasteiger partial charge in [0, 0.05) is 43.4 Å². The Hall–Kier alpha value is -1.22. The maximum Gasteiger partial charge on any atom is 0.164 e. The first-order valence-corrected chi connectivity index (χ1v) is 5.40. The molecule has 3 heteroatoms. The van der Waals surface area contributed by atoms with Crippen molar-refractivity contribution in [3.63, 3.8) is 0 Å². The molecule has 0 unspecified atom stereocenters. The summed E-state index contributed by atoms with van der Waals surface area (Å²) in [5.74, 6) is 0.179. The summed E-state index contributed by atoms with van der Waals surface area (Å²) in [4.78, 5) is 18.2. The number of fused-ring (bicyclic) bond motifs is 1. The van der Waals surface area contributed by atoms with E-state index in [-0.39, 0.29) is 5.78 Å². The molecule has 3 nitrogen and oxygen atoms in total. The van der Waals surface area contributed by atoms with E-state index in [4.69, 9.17) is 0 Å². The van der Waals surface area contributed by atoms with Crippen LogP contribution in [0.25, 0.3) is 0 Å². The number of hydrogen-bond acceptors (Lipinski definition) is 3. The summed E-state index contributed by atoms with van der Waals surface area (Å²) >= 11 is 0. The Balaban J connectivity index is 2.32. The van der Waals surface area contributed by atoms with Crippen molar-refractivity contribution >= 4 is 5.78 Å². The molecule has 0 spiro atoms. The number of ketones is 1. The fourth-order valence-corrected chi connectivity index (χ4v) is 1.92. The summed E-state index contributed by atoms with van der Waals surface area (Å²) in [5.41, 5.74) is 3.12. The van der Waals surface area contributed by atoms with Crippen molar-refractivity contribution in [3.8, 4) is 0 Å². The predicted molar refractivity (Wildman–Crippen MR) is 58.9 cm³/mol. The Labute approximate surface area is 90.1 Å².